The largest absolute Gasteiger partial charge is 0.310 e. The molecule has 0 aliphatic rings. The van der Waals surface area contributed by atoms with Gasteiger partial charge in [0, 0.05) is 22.9 Å². The van der Waals surface area contributed by atoms with Gasteiger partial charge in [-0.05, 0) is 55.1 Å². The molecule has 0 spiro atoms. The zero-order chi connectivity index (χ0) is 15.2. The lowest BCUT2D eigenvalue weighted by Gasteiger charge is -2.20. The zero-order valence-electron chi connectivity index (χ0n) is 12.4. The number of nitrogens with zero attached hydrogens (tertiary/aromatic N) is 1. The lowest BCUT2D eigenvalue weighted by molar-refractivity contribution is 0.529. The number of aryl methyl sites for hydroxylation is 1. The summed E-state index contributed by atoms with van der Waals surface area (Å²) < 4.78 is 1.14. The van der Waals surface area contributed by atoms with Crippen molar-refractivity contribution >= 4 is 27.5 Å². The highest BCUT2D eigenvalue weighted by Gasteiger charge is 2.14. The van der Waals surface area contributed by atoms with Crippen LogP contribution >= 0.6 is 27.5 Å². The number of aromatic nitrogens is 1. The Kier molecular flexibility index (Phi) is 6.22. The van der Waals surface area contributed by atoms with Crippen molar-refractivity contribution in [2.45, 2.75) is 32.7 Å². The molecule has 21 heavy (non-hydrogen) atoms. The molecule has 1 aromatic heterocycles. The minimum atomic E-state index is 0.261. The first-order chi connectivity index (χ1) is 10.1. The van der Waals surface area contributed by atoms with E-state index in [9.17, 15) is 0 Å². The molecular weight excluding hydrogens is 348 g/mol. The highest BCUT2D eigenvalue weighted by molar-refractivity contribution is 9.10. The molecule has 1 aromatic carbocycles. The van der Waals surface area contributed by atoms with Crippen LogP contribution in [0.3, 0.4) is 0 Å². The first-order valence-electron chi connectivity index (χ1n) is 7.19. The molecule has 4 heteroatoms. The normalized spacial score (nSPS) is 12.4. The molecule has 1 heterocycles. The molecule has 0 aliphatic carbocycles. The van der Waals surface area contributed by atoms with Gasteiger partial charge < -0.3 is 5.32 Å². The van der Waals surface area contributed by atoms with Crippen LogP contribution < -0.4 is 5.32 Å². The summed E-state index contributed by atoms with van der Waals surface area (Å²) in [6.45, 7) is 5.28. The van der Waals surface area contributed by atoms with E-state index < -0.39 is 0 Å². The maximum atomic E-state index is 6.25. The van der Waals surface area contributed by atoms with E-state index >= 15 is 0 Å². The van der Waals surface area contributed by atoms with Crippen molar-refractivity contribution in [1.29, 1.82) is 0 Å². The molecule has 2 aromatic rings. The number of rotatable bonds is 6. The number of hydrogen-bond acceptors (Lipinski definition) is 2. The highest BCUT2D eigenvalue weighted by Crippen LogP contribution is 2.26. The number of nitrogens with one attached hydrogen (secondary N) is 1. The second-order valence-electron chi connectivity index (χ2n) is 5.19. The fraction of sp³-hybridized carbons (Fsp3) is 0.353. The van der Waals surface area contributed by atoms with Gasteiger partial charge in [0.1, 0.15) is 0 Å². The molecule has 2 rings (SSSR count). The Morgan fingerprint density at radius 1 is 1.33 bits per heavy atom. The Hall–Kier alpha value is -0.900. The molecule has 0 aliphatic heterocycles. The molecule has 0 fully saturated rings. The quantitative estimate of drug-likeness (QED) is 0.769. The van der Waals surface area contributed by atoms with Crippen LogP contribution in [0, 0.1) is 6.92 Å². The first-order valence-corrected chi connectivity index (χ1v) is 8.36. The van der Waals surface area contributed by atoms with Gasteiger partial charge >= 0.3 is 0 Å². The predicted molar refractivity (Wildman–Crippen MR) is 92.9 cm³/mol. The van der Waals surface area contributed by atoms with Crippen LogP contribution in [0.2, 0.25) is 5.02 Å². The van der Waals surface area contributed by atoms with Crippen LogP contribution in [0.4, 0.5) is 0 Å². The Labute approximate surface area is 140 Å². The minimum absolute atomic E-state index is 0.261. The summed E-state index contributed by atoms with van der Waals surface area (Å²) in [5, 5.41) is 4.34. The summed E-state index contributed by atoms with van der Waals surface area (Å²) in [5.74, 6) is 0. The van der Waals surface area contributed by atoms with Gasteiger partial charge in [-0.1, -0.05) is 46.6 Å². The van der Waals surface area contributed by atoms with Gasteiger partial charge in [0.25, 0.3) is 0 Å². The Balaban J connectivity index is 2.25. The molecule has 2 nitrogen and oxygen atoms in total. The summed E-state index contributed by atoms with van der Waals surface area (Å²) >= 11 is 9.81. The van der Waals surface area contributed by atoms with Crippen LogP contribution in [-0.2, 0) is 6.42 Å². The van der Waals surface area contributed by atoms with Crippen LogP contribution in [0.1, 0.15) is 36.1 Å². The van der Waals surface area contributed by atoms with Crippen molar-refractivity contribution in [1.82, 2.24) is 10.3 Å². The van der Waals surface area contributed by atoms with E-state index in [0.717, 1.165) is 34.4 Å². The van der Waals surface area contributed by atoms with E-state index in [2.05, 4.69) is 58.3 Å². The van der Waals surface area contributed by atoms with Crippen LogP contribution in [-0.4, -0.2) is 11.5 Å². The SMILES string of the molecule is CCCNC(Cc1ccncc1Cl)c1ccc(Br)c(C)c1. The van der Waals surface area contributed by atoms with Crippen molar-refractivity contribution < 1.29 is 0 Å². The lowest BCUT2D eigenvalue weighted by atomic mass is 9.98. The van der Waals surface area contributed by atoms with Crippen molar-refractivity contribution in [3.05, 3.63) is 62.8 Å². The highest BCUT2D eigenvalue weighted by atomic mass is 79.9. The third-order valence-electron chi connectivity index (χ3n) is 3.51. The average molecular weight is 368 g/mol. The second kappa shape index (κ2) is 7.92. The zero-order valence-corrected chi connectivity index (χ0v) is 14.7. The summed E-state index contributed by atoms with van der Waals surface area (Å²) in [7, 11) is 0. The van der Waals surface area contributed by atoms with Crippen LogP contribution in [0.25, 0.3) is 0 Å². The predicted octanol–water partition coefficient (Wildman–Crippen LogP) is 5.09. The summed E-state index contributed by atoms with van der Waals surface area (Å²) in [6.07, 6.45) is 5.48. The third kappa shape index (κ3) is 4.53. The molecule has 0 saturated carbocycles. The summed E-state index contributed by atoms with van der Waals surface area (Å²) in [4.78, 5) is 4.05. The number of halogens is 2. The number of hydrogen-bond donors (Lipinski definition) is 1. The molecule has 1 N–H and O–H groups in total. The van der Waals surface area contributed by atoms with E-state index in [1.807, 2.05) is 6.07 Å². The van der Waals surface area contributed by atoms with Gasteiger partial charge in [-0.3, -0.25) is 4.98 Å². The standard InChI is InChI=1S/C17H20BrClN2/c1-3-7-21-17(10-13-6-8-20-11-16(13)19)14-4-5-15(18)12(2)9-14/h4-6,8-9,11,17,21H,3,7,10H2,1-2H3. The molecule has 1 unspecified atom stereocenters. The van der Waals surface area contributed by atoms with E-state index in [4.69, 9.17) is 11.6 Å². The molecule has 0 amide bonds. The Bertz CT molecular complexity index is 601. The summed E-state index contributed by atoms with van der Waals surface area (Å²) in [6, 6.07) is 8.76. The van der Waals surface area contributed by atoms with E-state index in [1.165, 1.54) is 11.1 Å². The van der Waals surface area contributed by atoms with Crippen molar-refractivity contribution in [3.8, 4) is 0 Å². The topological polar surface area (TPSA) is 24.9 Å². The van der Waals surface area contributed by atoms with Crippen molar-refractivity contribution in [2.24, 2.45) is 0 Å². The Morgan fingerprint density at radius 3 is 2.81 bits per heavy atom. The van der Waals surface area contributed by atoms with Crippen molar-refractivity contribution in [2.75, 3.05) is 6.54 Å². The first kappa shape index (κ1) is 16.5. The number of pyridine rings is 1. The lowest BCUT2D eigenvalue weighted by Crippen LogP contribution is -2.24. The van der Waals surface area contributed by atoms with E-state index in [0.29, 0.717) is 0 Å². The molecule has 0 bridgehead atoms. The molecule has 0 radical (unpaired) electrons. The molecule has 1 atom stereocenters. The maximum absolute atomic E-state index is 6.25. The molecule has 0 saturated heterocycles. The minimum Gasteiger partial charge on any atom is -0.310 e. The van der Waals surface area contributed by atoms with Gasteiger partial charge in [0.2, 0.25) is 0 Å². The molecular formula is C17H20BrClN2. The maximum Gasteiger partial charge on any atom is 0.0622 e. The number of benzene rings is 1. The van der Waals surface area contributed by atoms with Gasteiger partial charge in [-0.2, -0.15) is 0 Å². The smallest absolute Gasteiger partial charge is 0.0622 e. The summed E-state index contributed by atoms with van der Waals surface area (Å²) in [5.41, 5.74) is 3.66. The van der Waals surface area contributed by atoms with E-state index in [1.54, 1.807) is 12.4 Å². The van der Waals surface area contributed by atoms with Gasteiger partial charge in [0.05, 0.1) is 5.02 Å². The van der Waals surface area contributed by atoms with Gasteiger partial charge in [-0.15, -0.1) is 0 Å². The Morgan fingerprint density at radius 2 is 2.14 bits per heavy atom. The second-order valence-corrected chi connectivity index (χ2v) is 6.45. The average Bonchev–Trinajstić information content (AvgIpc) is 2.48. The molecule has 112 valence electrons. The van der Waals surface area contributed by atoms with Gasteiger partial charge in [-0.25, -0.2) is 0 Å². The monoisotopic (exact) mass is 366 g/mol. The van der Waals surface area contributed by atoms with Crippen LogP contribution in [0.15, 0.2) is 41.1 Å². The third-order valence-corrected chi connectivity index (χ3v) is 4.74. The fourth-order valence-electron chi connectivity index (χ4n) is 2.30. The van der Waals surface area contributed by atoms with E-state index in [-0.39, 0.29) is 6.04 Å². The van der Waals surface area contributed by atoms with Crippen LogP contribution in [0.5, 0.6) is 0 Å². The van der Waals surface area contributed by atoms with Crippen molar-refractivity contribution in [3.63, 3.8) is 0 Å². The fourth-order valence-corrected chi connectivity index (χ4v) is 2.74. The van der Waals surface area contributed by atoms with Gasteiger partial charge in [0.15, 0.2) is 0 Å².